The highest BCUT2D eigenvalue weighted by Gasteiger charge is 2.04. The molecule has 2 rings (SSSR count). The molecule has 0 saturated heterocycles. The molecule has 0 aliphatic rings. The van der Waals surface area contributed by atoms with Crippen LogP contribution in [0.1, 0.15) is 11.1 Å². The molecule has 0 fully saturated rings. The largest absolute Gasteiger partial charge is 0.378 e. The fourth-order valence-corrected chi connectivity index (χ4v) is 1.51. The maximum atomic E-state index is 13.3. The SMILES string of the molecule is Cc1ccncc1CNc1cc(F)ccc1F. The molecule has 0 atom stereocenters. The number of aromatic nitrogens is 1. The van der Waals surface area contributed by atoms with Crippen molar-refractivity contribution in [1.29, 1.82) is 0 Å². The summed E-state index contributed by atoms with van der Waals surface area (Å²) in [6.45, 7) is 2.36. The van der Waals surface area contributed by atoms with Gasteiger partial charge in [-0.1, -0.05) is 0 Å². The van der Waals surface area contributed by atoms with E-state index in [4.69, 9.17) is 0 Å². The highest BCUT2D eigenvalue weighted by Crippen LogP contribution is 2.16. The van der Waals surface area contributed by atoms with Crippen LogP contribution < -0.4 is 5.32 Å². The van der Waals surface area contributed by atoms with E-state index >= 15 is 0 Å². The standard InChI is InChI=1S/C13H12F2N2/c1-9-4-5-16-7-10(9)8-17-13-6-11(14)2-3-12(13)15/h2-7,17H,8H2,1H3. The minimum Gasteiger partial charge on any atom is -0.378 e. The average Bonchev–Trinajstić information content (AvgIpc) is 2.32. The molecule has 0 radical (unpaired) electrons. The van der Waals surface area contributed by atoms with Crippen LogP contribution >= 0.6 is 0 Å². The maximum absolute atomic E-state index is 13.3. The zero-order valence-electron chi connectivity index (χ0n) is 9.37. The highest BCUT2D eigenvalue weighted by molar-refractivity contribution is 5.45. The van der Waals surface area contributed by atoms with Crippen LogP contribution in [0.4, 0.5) is 14.5 Å². The summed E-state index contributed by atoms with van der Waals surface area (Å²) in [5.74, 6) is -0.926. The lowest BCUT2D eigenvalue weighted by molar-refractivity contribution is 0.602. The van der Waals surface area contributed by atoms with Crippen molar-refractivity contribution in [3.05, 3.63) is 59.4 Å². The molecule has 0 aliphatic heterocycles. The number of benzene rings is 1. The second kappa shape index (κ2) is 4.91. The Balaban J connectivity index is 2.12. The van der Waals surface area contributed by atoms with Crippen LogP contribution in [0.25, 0.3) is 0 Å². The van der Waals surface area contributed by atoms with Crippen molar-refractivity contribution in [2.24, 2.45) is 0 Å². The first kappa shape index (κ1) is 11.5. The molecule has 0 saturated carbocycles. The molecule has 2 aromatic rings. The first-order valence-corrected chi connectivity index (χ1v) is 5.25. The lowest BCUT2D eigenvalue weighted by atomic mass is 10.1. The number of pyridine rings is 1. The molecule has 2 nitrogen and oxygen atoms in total. The van der Waals surface area contributed by atoms with Crippen LogP contribution in [0, 0.1) is 18.6 Å². The van der Waals surface area contributed by atoms with Gasteiger partial charge in [0.15, 0.2) is 0 Å². The predicted octanol–water partition coefficient (Wildman–Crippen LogP) is 3.28. The maximum Gasteiger partial charge on any atom is 0.146 e. The Kier molecular flexibility index (Phi) is 3.32. The summed E-state index contributed by atoms with van der Waals surface area (Å²) in [6, 6.07) is 5.21. The molecule has 88 valence electrons. The summed E-state index contributed by atoms with van der Waals surface area (Å²) in [5, 5.41) is 2.86. The number of aryl methyl sites for hydroxylation is 1. The Hall–Kier alpha value is -1.97. The van der Waals surface area contributed by atoms with Gasteiger partial charge in [-0.25, -0.2) is 8.78 Å². The summed E-state index contributed by atoms with van der Waals surface area (Å²) >= 11 is 0. The summed E-state index contributed by atoms with van der Waals surface area (Å²) in [6.07, 6.45) is 3.40. The normalized spacial score (nSPS) is 10.3. The molecule has 0 unspecified atom stereocenters. The zero-order valence-corrected chi connectivity index (χ0v) is 9.37. The van der Waals surface area contributed by atoms with Crippen LogP contribution in [-0.2, 0) is 6.54 Å². The van der Waals surface area contributed by atoms with E-state index in [-0.39, 0.29) is 5.69 Å². The number of anilines is 1. The Bertz CT molecular complexity index is 527. The Morgan fingerprint density at radius 2 is 2.06 bits per heavy atom. The van der Waals surface area contributed by atoms with Crippen molar-refractivity contribution >= 4 is 5.69 Å². The minimum absolute atomic E-state index is 0.160. The van der Waals surface area contributed by atoms with E-state index in [9.17, 15) is 8.78 Å². The molecule has 1 N–H and O–H groups in total. The Morgan fingerprint density at radius 1 is 1.24 bits per heavy atom. The van der Waals surface area contributed by atoms with Gasteiger partial charge in [0.2, 0.25) is 0 Å². The first-order chi connectivity index (χ1) is 8.16. The third-order valence-electron chi connectivity index (χ3n) is 2.55. The lowest BCUT2D eigenvalue weighted by Gasteiger charge is -2.09. The molecule has 0 bridgehead atoms. The number of hydrogen-bond acceptors (Lipinski definition) is 2. The summed E-state index contributed by atoms with van der Waals surface area (Å²) < 4.78 is 26.3. The van der Waals surface area contributed by atoms with Gasteiger partial charge >= 0.3 is 0 Å². The number of nitrogens with zero attached hydrogens (tertiary/aromatic N) is 1. The Morgan fingerprint density at radius 3 is 2.82 bits per heavy atom. The molecule has 0 aliphatic carbocycles. The molecular formula is C13H12F2N2. The quantitative estimate of drug-likeness (QED) is 0.881. The lowest BCUT2D eigenvalue weighted by Crippen LogP contribution is -2.03. The van der Waals surface area contributed by atoms with Gasteiger partial charge < -0.3 is 5.32 Å². The monoisotopic (exact) mass is 234 g/mol. The third kappa shape index (κ3) is 2.78. The number of halogens is 2. The molecule has 17 heavy (non-hydrogen) atoms. The van der Waals surface area contributed by atoms with E-state index in [1.807, 2.05) is 13.0 Å². The van der Waals surface area contributed by atoms with Crippen LogP contribution in [0.15, 0.2) is 36.7 Å². The van der Waals surface area contributed by atoms with Gasteiger partial charge in [-0.3, -0.25) is 4.98 Å². The molecule has 4 heteroatoms. The predicted molar refractivity (Wildman–Crippen MR) is 62.7 cm³/mol. The van der Waals surface area contributed by atoms with Gasteiger partial charge in [-0.15, -0.1) is 0 Å². The van der Waals surface area contributed by atoms with E-state index in [0.29, 0.717) is 6.54 Å². The van der Waals surface area contributed by atoms with E-state index in [1.54, 1.807) is 12.4 Å². The number of hydrogen-bond donors (Lipinski definition) is 1. The van der Waals surface area contributed by atoms with Crippen molar-refractivity contribution in [1.82, 2.24) is 4.98 Å². The Labute approximate surface area is 98.3 Å². The van der Waals surface area contributed by atoms with Crippen molar-refractivity contribution in [2.75, 3.05) is 5.32 Å². The molecule has 1 aromatic heterocycles. The van der Waals surface area contributed by atoms with Crippen LogP contribution in [-0.4, -0.2) is 4.98 Å². The summed E-state index contributed by atoms with van der Waals surface area (Å²) in [5.41, 5.74) is 2.17. The van der Waals surface area contributed by atoms with Gasteiger partial charge in [0.05, 0.1) is 5.69 Å². The van der Waals surface area contributed by atoms with Gasteiger partial charge in [-0.05, 0) is 42.3 Å². The van der Waals surface area contributed by atoms with Crippen LogP contribution in [0.3, 0.4) is 0 Å². The van der Waals surface area contributed by atoms with E-state index in [0.717, 1.165) is 29.3 Å². The van der Waals surface area contributed by atoms with E-state index < -0.39 is 11.6 Å². The van der Waals surface area contributed by atoms with Gasteiger partial charge in [0.25, 0.3) is 0 Å². The summed E-state index contributed by atoms with van der Waals surface area (Å²) in [4.78, 5) is 3.99. The zero-order chi connectivity index (χ0) is 12.3. The van der Waals surface area contributed by atoms with Gasteiger partial charge in [-0.2, -0.15) is 0 Å². The van der Waals surface area contributed by atoms with E-state index in [1.165, 1.54) is 0 Å². The minimum atomic E-state index is -0.465. The second-order valence-electron chi connectivity index (χ2n) is 3.78. The van der Waals surface area contributed by atoms with Crippen LogP contribution in [0.2, 0.25) is 0 Å². The highest BCUT2D eigenvalue weighted by atomic mass is 19.1. The fourth-order valence-electron chi connectivity index (χ4n) is 1.51. The van der Waals surface area contributed by atoms with Crippen molar-refractivity contribution < 1.29 is 8.78 Å². The van der Waals surface area contributed by atoms with Crippen molar-refractivity contribution in [3.8, 4) is 0 Å². The molecule has 0 amide bonds. The third-order valence-corrected chi connectivity index (χ3v) is 2.55. The molecule has 0 spiro atoms. The average molecular weight is 234 g/mol. The second-order valence-corrected chi connectivity index (χ2v) is 3.78. The molecular weight excluding hydrogens is 222 g/mol. The first-order valence-electron chi connectivity index (χ1n) is 5.25. The number of rotatable bonds is 3. The smallest absolute Gasteiger partial charge is 0.146 e. The molecule has 1 heterocycles. The van der Waals surface area contributed by atoms with Crippen LogP contribution in [0.5, 0.6) is 0 Å². The molecule has 1 aromatic carbocycles. The van der Waals surface area contributed by atoms with E-state index in [2.05, 4.69) is 10.3 Å². The number of nitrogens with one attached hydrogen (secondary N) is 1. The topological polar surface area (TPSA) is 24.9 Å². The van der Waals surface area contributed by atoms with Gasteiger partial charge in [0.1, 0.15) is 11.6 Å². The van der Waals surface area contributed by atoms with Crippen molar-refractivity contribution in [3.63, 3.8) is 0 Å². The fraction of sp³-hybridized carbons (Fsp3) is 0.154. The van der Waals surface area contributed by atoms with Crippen molar-refractivity contribution in [2.45, 2.75) is 13.5 Å². The van der Waals surface area contributed by atoms with Gasteiger partial charge in [0, 0.05) is 18.9 Å². The summed E-state index contributed by atoms with van der Waals surface area (Å²) in [7, 11) is 0.